The van der Waals surface area contributed by atoms with Gasteiger partial charge in [-0.3, -0.25) is 18.5 Å². The van der Waals surface area contributed by atoms with Crippen molar-refractivity contribution in [1.29, 1.82) is 0 Å². The zero-order valence-corrected chi connectivity index (χ0v) is 15.4. The summed E-state index contributed by atoms with van der Waals surface area (Å²) in [7, 11) is 3.10. The lowest BCUT2D eigenvalue weighted by Crippen LogP contribution is -2.37. The maximum atomic E-state index is 12.9. The Morgan fingerprint density at radius 3 is 2.59 bits per heavy atom. The predicted molar refractivity (Wildman–Crippen MR) is 105 cm³/mol. The van der Waals surface area contributed by atoms with E-state index in [-0.39, 0.29) is 11.6 Å². The molecular formula is C18H23N7O2. The van der Waals surface area contributed by atoms with E-state index in [1.54, 1.807) is 7.05 Å². The summed E-state index contributed by atoms with van der Waals surface area (Å²) in [5, 5.41) is 0. The summed E-state index contributed by atoms with van der Waals surface area (Å²) in [6, 6.07) is 7.59. The summed E-state index contributed by atoms with van der Waals surface area (Å²) in [5.74, 6) is 0.638. The Labute approximate surface area is 155 Å². The van der Waals surface area contributed by atoms with Crippen LogP contribution in [0.15, 0.2) is 33.9 Å². The summed E-state index contributed by atoms with van der Waals surface area (Å²) in [6.07, 6.45) is 0.855. The number of aryl methyl sites for hydroxylation is 1. The van der Waals surface area contributed by atoms with Crippen molar-refractivity contribution in [3.63, 3.8) is 0 Å². The molecule has 0 amide bonds. The molecular weight excluding hydrogens is 346 g/mol. The van der Waals surface area contributed by atoms with Crippen LogP contribution in [0.1, 0.15) is 12.0 Å². The lowest BCUT2D eigenvalue weighted by atomic mass is 10.2. The van der Waals surface area contributed by atoms with Crippen LogP contribution in [-0.2, 0) is 20.6 Å². The second kappa shape index (κ2) is 6.27. The molecule has 3 aromatic rings. The molecule has 9 heteroatoms. The Hall–Kier alpha value is -3.07. The minimum absolute atomic E-state index is 0.0618. The van der Waals surface area contributed by atoms with Gasteiger partial charge in [0.1, 0.15) is 0 Å². The van der Waals surface area contributed by atoms with Gasteiger partial charge in [-0.05, 0) is 18.1 Å². The lowest BCUT2D eigenvalue weighted by molar-refractivity contribution is 0.701. The first kappa shape index (κ1) is 17.3. The molecule has 1 atom stereocenters. The van der Waals surface area contributed by atoms with E-state index in [4.69, 9.17) is 11.5 Å². The van der Waals surface area contributed by atoms with Gasteiger partial charge in [-0.1, -0.05) is 18.2 Å². The Morgan fingerprint density at radius 2 is 1.93 bits per heavy atom. The molecule has 0 spiro atoms. The number of para-hydroxylation sites is 1. The van der Waals surface area contributed by atoms with Gasteiger partial charge in [0, 0.05) is 38.9 Å². The van der Waals surface area contributed by atoms with E-state index in [9.17, 15) is 9.59 Å². The number of anilines is 2. The Kier molecular flexibility index (Phi) is 4.03. The SMILES string of the molecule is Cn1c(=O)c2c(nc(N3CC[C@H](N)C3)n2Cc2ccccc2N)n(C)c1=O. The van der Waals surface area contributed by atoms with Crippen LogP contribution >= 0.6 is 0 Å². The summed E-state index contributed by atoms with van der Waals surface area (Å²) in [4.78, 5) is 32.0. The van der Waals surface area contributed by atoms with Crippen LogP contribution in [-0.4, -0.2) is 37.8 Å². The number of hydrogen-bond acceptors (Lipinski definition) is 6. The highest BCUT2D eigenvalue weighted by molar-refractivity contribution is 5.75. The lowest BCUT2D eigenvalue weighted by Gasteiger charge is -2.19. The van der Waals surface area contributed by atoms with Gasteiger partial charge in [-0.2, -0.15) is 4.98 Å². The third-order valence-corrected chi connectivity index (χ3v) is 5.22. The third-order valence-electron chi connectivity index (χ3n) is 5.22. The van der Waals surface area contributed by atoms with Crippen molar-refractivity contribution in [3.05, 3.63) is 50.7 Å². The molecule has 1 aromatic carbocycles. The molecule has 142 valence electrons. The van der Waals surface area contributed by atoms with Gasteiger partial charge in [0.2, 0.25) is 5.95 Å². The molecule has 0 aliphatic carbocycles. The first-order valence-electron chi connectivity index (χ1n) is 8.88. The van der Waals surface area contributed by atoms with E-state index in [2.05, 4.69) is 9.88 Å². The standard InChI is InChI=1S/C18H23N7O2/c1-22-15-14(16(26)23(2)18(22)27)25(9-11-5-3-4-6-13(11)20)17(21-15)24-8-7-12(19)10-24/h3-6,12H,7-10,19-20H2,1-2H3/t12-/m0/s1. The highest BCUT2D eigenvalue weighted by atomic mass is 16.2. The number of hydrogen-bond donors (Lipinski definition) is 2. The average Bonchev–Trinajstić information content (AvgIpc) is 3.24. The molecule has 9 nitrogen and oxygen atoms in total. The number of nitrogen functional groups attached to an aromatic ring is 1. The Bertz CT molecular complexity index is 1140. The largest absolute Gasteiger partial charge is 0.398 e. The van der Waals surface area contributed by atoms with E-state index in [0.717, 1.165) is 23.1 Å². The zero-order chi connectivity index (χ0) is 19.3. The smallest absolute Gasteiger partial charge is 0.332 e. The number of nitrogens with two attached hydrogens (primary N) is 2. The summed E-state index contributed by atoms with van der Waals surface area (Å²) >= 11 is 0. The molecule has 1 saturated heterocycles. The molecule has 0 bridgehead atoms. The van der Waals surface area contributed by atoms with Gasteiger partial charge in [0.25, 0.3) is 5.56 Å². The number of aromatic nitrogens is 4. The number of fused-ring (bicyclic) bond motifs is 1. The van der Waals surface area contributed by atoms with Crippen LogP contribution in [0, 0.1) is 0 Å². The van der Waals surface area contributed by atoms with Crippen molar-refractivity contribution < 1.29 is 0 Å². The molecule has 3 heterocycles. The van der Waals surface area contributed by atoms with Gasteiger partial charge in [0.15, 0.2) is 11.2 Å². The minimum Gasteiger partial charge on any atom is -0.398 e. The van der Waals surface area contributed by atoms with Crippen molar-refractivity contribution in [2.24, 2.45) is 19.8 Å². The third kappa shape index (κ3) is 2.71. The second-order valence-corrected chi connectivity index (χ2v) is 7.07. The van der Waals surface area contributed by atoms with Crippen LogP contribution in [0.4, 0.5) is 11.6 Å². The molecule has 1 fully saturated rings. The molecule has 4 rings (SSSR count). The van der Waals surface area contributed by atoms with E-state index in [0.29, 0.717) is 35.9 Å². The van der Waals surface area contributed by atoms with E-state index < -0.39 is 5.69 Å². The predicted octanol–water partition coefficient (Wildman–Crippen LogP) is -0.398. The first-order chi connectivity index (χ1) is 12.9. The molecule has 0 radical (unpaired) electrons. The van der Waals surface area contributed by atoms with Crippen molar-refractivity contribution in [2.45, 2.75) is 19.0 Å². The number of rotatable bonds is 3. The van der Waals surface area contributed by atoms with Crippen molar-refractivity contribution >= 4 is 22.8 Å². The average molecular weight is 369 g/mol. The first-order valence-corrected chi connectivity index (χ1v) is 8.88. The molecule has 1 aliphatic rings. The van der Waals surface area contributed by atoms with Crippen LogP contribution in [0.25, 0.3) is 11.2 Å². The fourth-order valence-electron chi connectivity index (χ4n) is 3.64. The fourth-order valence-corrected chi connectivity index (χ4v) is 3.64. The van der Waals surface area contributed by atoms with Gasteiger partial charge in [-0.25, -0.2) is 4.79 Å². The normalized spacial score (nSPS) is 17.1. The maximum Gasteiger partial charge on any atom is 0.332 e. The van der Waals surface area contributed by atoms with Crippen LogP contribution in [0.5, 0.6) is 0 Å². The monoisotopic (exact) mass is 369 g/mol. The maximum absolute atomic E-state index is 12.9. The number of benzene rings is 1. The van der Waals surface area contributed by atoms with Gasteiger partial charge < -0.3 is 16.4 Å². The quantitative estimate of drug-likeness (QED) is 0.607. The highest BCUT2D eigenvalue weighted by Gasteiger charge is 2.27. The summed E-state index contributed by atoms with van der Waals surface area (Å²) < 4.78 is 4.36. The van der Waals surface area contributed by atoms with Gasteiger partial charge in [-0.15, -0.1) is 0 Å². The molecule has 4 N–H and O–H groups in total. The van der Waals surface area contributed by atoms with Crippen LogP contribution in [0.3, 0.4) is 0 Å². The molecule has 2 aromatic heterocycles. The number of nitrogens with zero attached hydrogens (tertiary/aromatic N) is 5. The highest BCUT2D eigenvalue weighted by Crippen LogP contribution is 2.25. The molecule has 0 unspecified atom stereocenters. The molecule has 1 aliphatic heterocycles. The minimum atomic E-state index is -0.402. The van der Waals surface area contributed by atoms with Crippen LogP contribution in [0.2, 0.25) is 0 Å². The van der Waals surface area contributed by atoms with Gasteiger partial charge in [0.05, 0.1) is 6.54 Å². The second-order valence-electron chi connectivity index (χ2n) is 7.07. The molecule has 0 saturated carbocycles. The molecule has 27 heavy (non-hydrogen) atoms. The van der Waals surface area contributed by atoms with E-state index in [1.165, 1.54) is 11.6 Å². The Balaban J connectivity index is 2.00. The van der Waals surface area contributed by atoms with E-state index >= 15 is 0 Å². The zero-order valence-electron chi connectivity index (χ0n) is 15.4. The van der Waals surface area contributed by atoms with Crippen molar-refractivity contribution in [2.75, 3.05) is 23.7 Å². The van der Waals surface area contributed by atoms with Gasteiger partial charge >= 0.3 is 5.69 Å². The number of imidazole rings is 1. The Morgan fingerprint density at radius 1 is 1.19 bits per heavy atom. The van der Waals surface area contributed by atoms with Crippen molar-refractivity contribution in [3.8, 4) is 0 Å². The summed E-state index contributed by atoms with van der Waals surface area (Å²) in [5.41, 5.74) is 13.7. The topological polar surface area (TPSA) is 117 Å². The fraction of sp³-hybridized carbons (Fsp3) is 0.389. The van der Waals surface area contributed by atoms with E-state index in [1.807, 2.05) is 28.8 Å². The summed E-state index contributed by atoms with van der Waals surface area (Å²) in [6.45, 7) is 1.79. The van der Waals surface area contributed by atoms with Crippen molar-refractivity contribution in [1.82, 2.24) is 18.7 Å². The van der Waals surface area contributed by atoms with Crippen LogP contribution < -0.4 is 27.6 Å².